The van der Waals surface area contributed by atoms with Crippen molar-refractivity contribution in [1.82, 2.24) is 0 Å². The van der Waals surface area contributed by atoms with Crippen molar-refractivity contribution in [3.8, 4) is 11.1 Å². The highest BCUT2D eigenvalue weighted by Gasteiger charge is 2.19. The van der Waals surface area contributed by atoms with Crippen LogP contribution in [0.15, 0.2) is 73.3 Å². The zero-order chi connectivity index (χ0) is 21.2. The smallest absolute Gasteiger partial charge is 0.00252 e. The molecule has 0 aliphatic heterocycles. The molecule has 0 nitrogen and oxygen atoms in total. The van der Waals surface area contributed by atoms with E-state index in [2.05, 4.69) is 86.3 Å². The van der Waals surface area contributed by atoms with Gasteiger partial charge in [-0.25, -0.2) is 0 Å². The van der Waals surface area contributed by atoms with Crippen LogP contribution in [0.4, 0.5) is 0 Å². The van der Waals surface area contributed by atoms with Crippen molar-refractivity contribution in [1.29, 1.82) is 0 Å². The van der Waals surface area contributed by atoms with Crippen LogP contribution in [-0.4, -0.2) is 0 Å². The largest absolute Gasteiger partial charge is 0.0955 e. The lowest BCUT2D eigenvalue weighted by Gasteiger charge is -2.24. The van der Waals surface area contributed by atoms with Gasteiger partial charge in [0.15, 0.2) is 0 Å². The first kappa shape index (κ1) is 20.1. The minimum Gasteiger partial charge on any atom is -0.0955 e. The summed E-state index contributed by atoms with van der Waals surface area (Å²) in [6, 6.07) is 23.1. The van der Waals surface area contributed by atoms with Gasteiger partial charge in [0.25, 0.3) is 0 Å². The summed E-state index contributed by atoms with van der Waals surface area (Å²) in [6.07, 6.45) is 13.4. The third-order valence-corrected chi connectivity index (χ3v) is 7.05. The van der Waals surface area contributed by atoms with Crippen LogP contribution in [0.3, 0.4) is 0 Å². The van der Waals surface area contributed by atoms with Gasteiger partial charge in [-0.2, -0.15) is 0 Å². The third kappa shape index (κ3) is 4.30. The van der Waals surface area contributed by atoms with Crippen molar-refractivity contribution in [3.63, 3.8) is 0 Å². The van der Waals surface area contributed by atoms with E-state index in [-0.39, 0.29) is 0 Å². The Morgan fingerprint density at radius 3 is 2.58 bits per heavy atom. The fraction of sp³-hybridized carbons (Fsp3) is 0.290. The van der Waals surface area contributed by atoms with E-state index in [1.807, 2.05) is 0 Å². The molecule has 2 aliphatic carbocycles. The van der Waals surface area contributed by atoms with E-state index < -0.39 is 0 Å². The van der Waals surface area contributed by atoms with Crippen molar-refractivity contribution in [2.24, 2.45) is 0 Å². The maximum Gasteiger partial charge on any atom is -0.00252 e. The van der Waals surface area contributed by atoms with E-state index in [1.54, 1.807) is 5.56 Å². The first-order valence-electron chi connectivity index (χ1n) is 11.8. The number of allylic oxidation sites excluding steroid dienone is 2. The second-order valence-electron chi connectivity index (χ2n) is 9.44. The van der Waals surface area contributed by atoms with Crippen LogP contribution in [0.5, 0.6) is 0 Å². The van der Waals surface area contributed by atoms with Crippen LogP contribution in [-0.2, 0) is 12.8 Å². The van der Waals surface area contributed by atoms with Gasteiger partial charge in [0.05, 0.1) is 0 Å². The van der Waals surface area contributed by atoms with Gasteiger partial charge in [-0.15, -0.1) is 0 Å². The molecule has 0 spiro atoms. The highest BCUT2D eigenvalue weighted by atomic mass is 14.2. The molecule has 156 valence electrons. The average Bonchev–Trinajstić information content (AvgIpc) is 3.29. The molecule has 0 saturated heterocycles. The molecular formula is C31H32. The molecule has 2 aliphatic rings. The lowest BCUT2D eigenvalue weighted by atomic mass is 9.81. The van der Waals surface area contributed by atoms with Crippen LogP contribution < -0.4 is 0 Å². The fourth-order valence-electron chi connectivity index (χ4n) is 5.37. The molecule has 0 atom stereocenters. The first-order valence-corrected chi connectivity index (χ1v) is 11.8. The minimum absolute atomic E-state index is 0.710. The van der Waals surface area contributed by atoms with Gasteiger partial charge in [-0.05, 0) is 83.0 Å². The number of hydrogen-bond donors (Lipinski definition) is 0. The van der Waals surface area contributed by atoms with Gasteiger partial charge >= 0.3 is 0 Å². The molecular weight excluding hydrogens is 372 g/mol. The molecule has 1 saturated carbocycles. The molecule has 0 aromatic heterocycles. The van der Waals surface area contributed by atoms with Crippen LogP contribution in [0.1, 0.15) is 78.3 Å². The van der Waals surface area contributed by atoms with Crippen LogP contribution in [0.2, 0.25) is 0 Å². The molecule has 0 radical (unpaired) electrons. The Morgan fingerprint density at radius 1 is 0.903 bits per heavy atom. The van der Waals surface area contributed by atoms with E-state index in [0.29, 0.717) is 5.92 Å². The summed E-state index contributed by atoms with van der Waals surface area (Å²) in [5, 5.41) is 0. The normalized spacial score (nSPS) is 15.8. The van der Waals surface area contributed by atoms with Crippen LogP contribution in [0.25, 0.3) is 22.8 Å². The van der Waals surface area contributed by atoms with Crippen LogP contribution in [0, 0.1) is 0 Å². The second-order valence-corrected chi connectivity index (χ2v) is 9.44. The monoisotopic (exact) mass is 404 g/mol. The average molecular weight is 405 g/mol. The van der Waals surface area contributed by atoms with Gasteiger partial charge in [-0.1, -0.05) is 104 Å². The Labute approximate surface area is 187 Å². The van der Waals surface area contributed by atoms with Gasteiger partial charge in [0.2, 0.25) is 0 Å². The van der Waals surface area contributed by atoms with Gasteiger partial charge in [0, 0.05) is 0 Å². The molecule has 1 fully saturated rings. The Morgan fingerprint density at radius 2 is 1.74 bits per heavy atom. The van der Waals surface area contributed by atoms with Crippen molar-refractivity contribution in [3.05, 3.63) is 107 Å². The number of fused-ring (bicyclic) bond motifs is 1. The first-order chi connectivity index (χ1) is 15.2. The summed E-state index contributed by atoms with van der Waals surface area (Å²) in [5.41, 5.74) is 12.4. The topological polar surface area (TPSA) is 0 Å². The van der Waals surface area contributed by atoms with Crippen molar-refractivity contribution in [2.75, 3.05) is 0 Å². The summed E-state index contributed by atoms with van der Waals surface area (Å²) in [4.78, 5) is 0. The molecule has 31 heavy (non-hydrogen) atoms. The zero-order valence-corrected chi connectivity index (χ0v) is 18.7. The van der Waals surface area contributed by atoms with E-state index in [1.165, 1.54) is 71.0 Å². The maximum atomic E-state index is 4.13. The fourth-order valence-corrected chi connectivity index (χ4v) is 5.37. The molecule has 5 rings (SSSR count). The Hall–Kier alpha value is -2.86. The van der Waals surface area contributed by atoms with Gasteiger partial charge in [-0.3, -0.25) is 0 Å². The van der Waals surface area contributed by atoms with Crippen molar-refractivity contribution in [2.45, 2.75) is 57.8 Å². The van der Waals surface area contributed by atoms with Crippen molar-refractivity contribution < 1.29 is 0 Å². The summed E-state index contributed by atoms with van der Waals surface area (Å²) < 4.78 is 0. The Bertz CT molecular complexity index is 1140. The highest BCUT2D eigenvalue weighted by molar-refractivity contribution is 5.80. The molecule has 0 N–H and O–H groups in total. The van der Waals surface area contributed by atoms with Gasteiger partial charge < -0.3 is 0 Å². The maximum absolute atomic E-state index is 4.13. The third-order valence-electron chi connectivity index (χ3n) is 7.05. The predicted molar refractivity (Wildman–Crippen MR) is 134 cm³/mol. The number of benzene rings is 3. The van der Waals surface area contributed by atoms with E-state index in [0.717, 1.165) is 18.4 Å². The van der Waals surface area contributed by atoms with Crippen molar-refractivity contribution >= 4 is 11.6 Å². The molecule has 3 aromatic rings. The Balaban J connectivity index is 1.57. The van der Waals surface area contributed by atoms with Gasteiger partial charge in [0.1, 0.15) is 0 Å². The van der Waals surface area contributed by atoms with Crippen LogP contribution >= 0.6 is 0 Å². The molecule has 0 heterocycles. The lowest BCUT2D eigenvalue weighted by Crippen LogP contribution is -2.06. The predicted octanol–water partition coefficient (Wildman–Crippen LogP) is 8.59. The minimum atomic E-state index is 0.710. The zero-order valence-electron chi connectivity index (χ0n) is 18.7. The Kier molecular flexibility index (Phi) is 5.64. The standard InChI is InChI=1S/C31H32/c1-22(2)27-14-6-9-23(18-27)17-24-19-28(25-10-4-3-5-11-25)21-29(20-24)31-16-8-13-26-12-7-15-30(26)31/h6-9,13-16,18-21,25H,1,3-5,10-12,17H2,2H3. The summed E-state index contributed by atoms with van der Waals surface area (Å²) >= 11 is 0. The highest BCUT2D eigenvalue weighted by Crippen LogP contribution is 2.38. The van der Waals surface area contributed by atoms with E-state index >= 15 is 0 Å². The summed E-state index contributed by atoms with van der Waals surface area (Å²) in [7, 11) is 0. The number of hydrogen-bond acceptors (Lipinski definition) is 0. The second kappa shape index (κ2) is 8.71. The molecule has 0 heteroatoms. The quantitative estimate of drug-likeness (QED) is 0.399. The molecule has 3 aromatic carbocycles. The lowest BCUT2D eigenvalue weighted by molar-refractivity contribution is 0.443. The number of rotatable bonds is 5. The van der Waals surface area contributed by atoms with E-state index in [9.17, 15) is 0 Å². The molecule has 0 bridgehead atoms. The molecule has 0 unspecified atom stereocenters. The van der Waals surface area contributed by atoms with E-state index in [4.69, 9.17) is 0 Å². The SMILES string of the molecule is C=C(C)c1cccc(Cc2cc(-c3cccc4c3C=CC4)cc(C3CCCCC3)c2)c1. The summed E-state index contributed by atoms with van der Waals surface area (Å²) in [6.45, 7) is 6.22. The summed E-state index contributed by atoms with van der Waals surface area (Å²) in [5.74, 6) is 0.710. The molecule has 0 amide bonds.